The Balaban J connectivity index is 3.88. The number of ether oxygens (including phenoxy) is 3. The molecule has 0 fully saturated rings. The van der Waals surface area contributed by atoms with Crippen LogP contribution in [-0.4, -0.2) is 37.2 Å². The van der Waals surface area contributed by atoms with E-state index in [9.17, 15) is 14.4 Å². The van der Waals surface area contributed by atoms with Crippen molar-refractivity contribution in [1.82, 2.24) is 0 Å². The Hall–Kier alpha value is -1.85. The molecule has 6 heteroatoms. The zero-order valence-corrected chi connectivity index (χ0v) is 49.0. The van der Waals surface area contributed by atoms with Crippen LogP contribution in [-0.2, 0) is 28.6 Å². The lowest BCUT2D eigenvalue weighted by atomic mass is 10.0. The van der Waals surface area contributed by atoms with Gasteiger partial charge in [0, 0.05) is 19.3 Å². The van der Waals surface area contributed by atoms with Crippen LogP contribution in [0.3, 0.4) is 0 Å². The number of hydrogen-bond donors (Lipinski definition) is 0. The van der Waals surface area contributed by atoms with Gasteiger partial charge >= 0.3 is 17.9 Å². The second-order valence-corrected chi connectivity index (χ2v) is 22.4. The average molecular weight is 1020 g/mol. The Labute approximate surface area is 450 Å². The van der Waals surface area contributed by atoms with Gasteiger partial charge in [-0.25, -0.2) is 0 Å². The molecule has 0 N–H and O–H groups in total. The van der Waals surface area contributed by atoms with Crippen LogP contribution in [0.2, 0.25) is 0 Å². The van der Waals surface area contributed by atoms with E-state index in [1.807, 2.05) is 0 Å². The first-order valence-corrected chi connectivity index (χ1v) is 32.7. The summed E-state index contributed by atoms with van der Waals surface area (Å²) < 4.78 is 16.8. The molecule has 1 unspecified atom stereocenters. The van der Waals surface area contributed by atoms with Gasteiger partial charge in [0.1, 0.15) is 13.2 Å². The van der Waals surface area contributed by atoms with Crippen molar-refractivity contribution in [2.75, 3.05) is 13.2 Å². The van der Waals surface area contributed by atoms with Gasteiger partial charge in [0.05, 0.1) is 0 Å². The first-order valence-electron chi connectivity index (χ1n) is 32.7. The Morgan fingerprint density at radius 3 is 0.694 bits per heavy atom. The first-order chi connectivity index (χ1) is 35.5. The molecule has 72 heavy (non-hydrogen) atoms. The summed E-state index contributed by atoms with van der Waals surface area (Å²) in [6.45, 7) is 6.63. The quantitative estimate of drug-likeness (QED) is 0.0261. The molecule has 426 valence electrons. The third-order valence-corrected chi connectivity index (χ3v) is 15.0. The summed E-state index contributed by atoms with van der Waals surface area (Å²) in [6.07, 6.45) is 72.9. The van der Waals surface area contributed by atoms with E-state index in [1.54, 1.807) is 0 Å². The average Bonchev–Trinajstić information content (AvgIpc) is 3.38. The van der Waals surface area contributed by atoms with Gasteiger partial charge in [0.25, 0.3) is 0 Å². The van der Waals surface area contributed by atoms with Gasteiger partial charge in [-0.3, -0.25) is 14.4 Å². The van der Waals surface area contributed by atoms with E-state index in [2.05, 4.69) is 32.9 Å². The maximum Gasteiger partial charge on any atom is 0.306 e. The molecule has 0 aromatic heterocycles. The number of unbranched alkanes of at least 4 members (excludes halogenated alkanes) is 48. The number of hydrogen-bond acceptors (Lipinski definition) is 6. The van der Waals surface area contributed by atoms with Crippen molar-refractivity contribution in [3.05, 3.63) is 12.2 Å². The number of allylic oxidation sites excluding steroid dienone is 2. The maximum atomic E-state index is 12.8. The summed E-state index contributed by atoms with van der Waals surface area (Å²) in [7, 11) is 0. The fourth-order valence-electron chi connectivity index (χ4n) is 10.1. The zero-order valence-electron chi connectivity index (χ0n) is 49.0. The second-order valence-electron chi connectivity index (χ2n) is 22.4. The number of carbonyl (C=O) groups is 3. The molecular weight excluding hydrogens is 889 g/mol. The molecule has 0 spiro atoms. The van der Waals surface area contributed by atoms with E-state index in [-0.39, 0.29) is 31.1 Å². The normalized spacial score (nSPS) is 12.0. The minimum Gasteiger partial charge on any atom is -0.462 e. The van der Waals surface area contributed by atoms with Gasteiger partial charge in [0.2, 0.25) is 0 Å². The van der Waals surface area contributed by atoms with Crippen molar-refractivity contribution in [3.63, 3.8) is 0 Å². The van der Waals surface area contributed by atoms with Crippen LogP contribution in [0.15, 0.2) is 12.2 Å². The molecule has 0 bridgehead atoms. The predicted molar refractivity (Wildman–Crippen MR) is 312 cm³/mol. The highest BCUT2D eigenvalue weighted by atomic mass is 16.6. The van der Waals surface area contributed by atoms with E-state index in [0.717, 1.165) is 64.2 Å². The minimum absolute atomic E-state index is 0.0686. The van der Waals surface area contributed by atoms with Crippen molar-refractivity contribution >= 4 is 17.9 Å². The molecule has 0 aliphatic rings. The lowest BCUT2D eigenvalue weighted by Gasteiger charge is -2.18. The molecule has 0 saturated heterocycles. The first kappa shape index (κ1) is 70.1. The van der Waals surface area contributed by atoms with Crippen molar-refractivity contribution < 1.29 is 28.6 Å². The van der Waals surface area contributed by atoms with Gasteiger partial charge in [-0.05, 0) is 44.9 Å². The highest BCUT2D eigenvalue weighted by molar-refractivity contribution is 5.71. The monoisotopic (exact) mass is 1010 g/mol. The Morgan fingerprint density at radius 2 is 0.458 bits per heavy atom. The molecule has 0 amide bonds. The lowest BCUT2D eigenvalue weighted by molar-refractivity contribution is -0.167. The van der Waals surface area contributed by atoms with E-state index in [1.165, 1.54) is 270 Å². The van der Waals surface area contributed by atoms with E-state index in [0.29, 0.717) is 19.3 Å². The Kier molecular flexibility index (Phi) is 60.1. The summed E-state index contributed by atoms with van der Waals surface area (Å²) in [5, 5.41) is 0. The van der Waals surface area contributed by atoms with Crippen molar-refractivity contribution in [2.24, 2.45) is 0 Å². The van der Waals surface area contributed by atoms with E-state index in [4.69, 9.17) is 14.2 Å². The molecule has 0 aromatic carbocycles. The van der Waals surface area contributed by atoms with Crippen LogP contribution in [0.4, 0.5) is 0 Å². The van der Waals surface area contributed by atoms with Crippen LogP contribution < -0.4 is 0 Å². The summed E-state index contributed by atoms with van der Waals surface area (Å²) in [5.41, 5.74) is 0. The zero-order chi connectivity index (χ0) is 52.2. The van der Waals surface area contributed by atoms with E-state index < -0.39 is 6.10 Å². The summed E-state index contributed by atoms with van der Waals surface area (Å²) in [5.74, 6) is -0.865. The molecule has 0 aromatic rings. The van der Waals surface area contributed by atoms with Crippen molar-refractivity contribution in [1.29, 1.82) is 0 Å². The summed E-state index contributed by atoms with van der Waals surface area (Å²) in [6, 6.07) is 0. The van der Waals surface area contributed by atoms with Crippen molar-refractivity contribution in [3.8, 4) is 0 Å². The SMILES string of the molecule is CCCCCCCC/C=C\CCCCCCCC(=O)OC(COC(=O)CCCCCCCC)COC(=O)CCCCCCCCCCCCCCCCCCCCCCCCCCCCCCCCCCC. The summed E-state index contributed by atoms with van der Waals surface area (Å²) >= 11 is 0. The highest BCUT2D eigenvalue weighted by Gasteiger charge is 2.19. The van der Waals surface area contributed by atoms with Gasteiger partial charge in [-0.15, -0.1) is 0 Å². The van der Waals surface area contributed by atoms with Gasteiger partial charge in [-0.1, -0.05) is 322 Å². The summed E-state index contributed by atoms with van der Waals surface area (Å²) in [4.78, 5) is 37.9. The van der Waals surface area contributed by atoms with Crippen LogP contribution in [0.5, 0.6) is 0 Å². The number of rotatable bonds is 61. The van der Waals surface area contributed by atoms with Gasteiger partial charge < -0.3 is 14.2 Å². The van der Waals surface area contributed by atoms with Crippen LogP contribution in [0, 0.1) is 0 Å². The molecule has 1 atom stereocenters. The van der Waals surface area contributed by atoms with Crippen LogP contribution in [0.1, 0.15) is 374 Å². The topological polar surface area (TPSA) is 78.9 Å². The van der Waals surface area contributed by atoms with Crippen molar-refractivity contribution in [2.45, 2.75) is 380 Å². The smallest absolute Gasteiger partial charge is 0.306 e. The lowest BCUT2D eigenvalue weighted by Crippen LogP contribution is -2.30. The molecule has 0 heterocycles. The fourth-order valence-corrected chi connectivity index (χ4v) is 10.1. The minimum atomic E-state index is -0.767. The third kappa shape index (κ3) is 59.0. The Bertz CT molecular complexity index is 1120. The van der Waals surface area contributed by atoms with Crippen LogP contribution in [0.25, 0.3) is 0 Å². The number of carbonyl (C=O) groups excluding carboxylic acids is 3. The highest BCUT2D eigenvalue weighted by Crippen LogP contribution is 2.18. The molecule has 0 aliphatic heterocycles. The second kappa shape index (κ2) is 61.7. The largest absolute Gasteiger partial charge is 0.462 e. The standard InChI is InChI=1S/C66H126O6/c1-4-7-10-13-16-18-20-22-24-25-26-27-28-29-30-31-32-33-34-35-36-37-38-39-40-41-43-44-46-48-50-53-56-59-65(68)71-62-63(61-70-64(67)58-55-52-15-12-9-6-3)72-66(69)60-57-54-51-49-47-45-42-23-21-19-17-14-11-8-5-2/h23,42,63H,4-22,24-41,43-62H2,1-3H3/b42-23-. The van der Waals surface area contributed by atoms with E-state index >= 15 is 0 Å². The molecule has 0 radical (unpaired) electrons. The Morgan fingerprint density at radius 1 is 0.264 bits per heavy atom. The molecule has 0 rings (SSSR count). The maximum absolute atomic E-state index is 12.8. The fraction of sp³-hybridized carbons (Fsp3) is 0.924. The van der Waals surface area contributed by atoms with Gasteiger partial charge in [-0.2, -0.15) is 0 Å². The molecule has 0 saturated carbocycles. The third-order valence-electron chi connectivity index (χ3n) is 15.0. The molecule has 0 aliphatic carbocycles. The molecular formula is C66H126O6. The van der Waals surface area contributed by atoms with Crippen LogP contribution >= 0.6 is 0 Å². The molecule has 6 nitrogen and oxygen atoms in total. The number of esters is 3. The van der Waals surface area contributed by atoms with Gasteiger partial charge in [0.15, 0.2) is 6.10 Å². The predicted octanol–water partition coefficient (Wildman–Crippen LogP) is 22.1.